The van der Waals surface area contributed by atoms with Crippen molar-refractivity contribution in [2.75, 3.05) is 6.54 Å². The predicted octanol–water partition coefficient (Wildman–Crippen LogP) is 1.56. The summed E-state index contributed by atoms with van der Waals surface area (Å²) in [7, 11) is 0. The molecule has 11 heavy (non-hydrogen) atoms. The Morgan fingerprint density at radius 3 is 2.73 bits per heavy atom. The van der Waals surface area contributed by atoms with Gasteiger partial charge in [-0.15, -0.1) is 0 Å². The highest BCUT2D eigenvalue weighted by Gasteiger charge is 2.28. The van der Waals surface area contributed by atoms with Crippen molar-refractivity contribution < 1.29 is 4.79 Å². The second kappa shape index (κ2) is 3.74. The molecule has 0 aliphatic heterocycles. The highest BCUT2D eigenvalue weighted by Crippen LogP contribution is 2.30. The van der Waals surface area contributed by atoms with E-state index >= 15 is 0 Å². The summed E-state index contributed by atoms with van der Waals surface area (Å²) in [6, 6.07) is 0. The largest absolute Gasteiger partial charge is 0.356 e. The number of carbonyl (C=O) groups is 1. The standard InChI is InChI=1S/C9H17NO/c1-3-10-9(11)8-6-4-5-7(8)2/h7-8H,3-6H2,1-2H3,(H,10,11)/t7-,8-/m1/s1. The molecule has 64 valence electrons. The maximum Gasteiger partial charge on any atom is 0.223 e. The van der Waals surface area contributed by atoms with Crippen molar-refractivity contribution in [3.63, 3.8) is 0 Å². The Kier molecular flexibility index (Phi) is 2.92. The summed E-state index contributed by atoms with van der Waals surface area (Å²) in [4.78, 5) is 11.3. The Hall–Kier alpha value is -0.530. The van der Waals surface area contributed by atoms with Gasteiger partial charge in [0, 0.05) is 12.5 Å². The molecule has 1 fully saturated rings. The zero-order chi connectivity index (χ0) is 8.27. The lowest BCUT2D eigenvalue weighted by atomic mass is 9.97. The van der Waals surface area contributed by atoms with Gasteiger partial charge < -0.3 is 5.32 Å². The SMILES string of the molecule is CCNC(=O)[C@@H]1CCC[C@H]1C. The van der Waals surface area contributed by atoms with Crippen molar-refractivity contribution >= 4 is 5.91 Å². The highest BCUT2D eigenvalue weighted by atomic mass is 16.1. The fourth-order valence-electron chi connectivity index (χ4n) is 1.84. The summed E-state index contributed by atoms with van der Waals surface area (Å²) < 4.78 is 0. The third-order valence-corrected chi connectivity index (χ3v) is 2.55. The highest BCUT2D eigenvalue weighted by molar-refractivity contribution is 5.79. The van der Waals surface area contributed by atoms with E-state index in [0.29, 0.717) is 11.8 Å². The van der Waals surface area contributed by atoms with Crippen LogP contribution in [0.4, 0.5) is 0 Å². The van der Waals surface area contributed by atoms with Crippen LogP contribution in [-0.4, -0.2) is 12.5 Å². The number of carbonyl (C=O) groups excluding carboxylic acids is 1. The van der Waals surface area contributed by atoms with Crippen LogP contribution in [0.25, 0.3) is 0 Å². The van der Waals surface area contributed by atoms with Gasteiger partial charge in [0.15, 0.2) is 0 Å². The van der Waals surface area contributed by atoms with Crippen LogP contribution in [0.2, 0.25) is 0 Å². The first-order chi connectivity index (χ1) is 5.25. The summed E-state index contributed by atoms with van der Waals surface area (Å²) in [5, 5.41) is 2.88. The normalized spacial score (nSPS) is 30.4. The van der Waals surface area contributed by atoms with Crippen molar-refractivity contribution in [2.24, 2.45) is 11.8 Å². The molecule has 1 saturated carbocycles. The van der Waals surface area contributed by atoms with Crippen LogP contribution in [0.15, 0.2) is 0 Å². The predicted molar refractivity (Wildman–Crippen MR) is 45.2 cm³/mol. The molecule has 0 aromatic rings. The summed E-state index contributed by atoms with van der Waals surface area (Å²) in [5.74, 6) is 1.16. The Morgan fingerprint density at radius 1 is 1.55 bits per heavy atom. The molecule has 1 aliphatic carbocycles. The monoisotopic (exact) mass is 155 g/mol. The van der Waals surface area contributed by atoms with Gasteiger partial charge in [-0.25, -0.2) is 0 Å². The van der Waals surface area contributed by atoms with Gasteiger partial charge in [-0.05, 0) is 25.7 Å². The first-order valence-electron chi connectivity index (χ1n) is 4.53. The van der Waals surface area contributed by atoms with Gasteiger partial charge in [0.05, 0.1) is 0 Å². The molecular formula is C9H17NO. The Balaban J connectivity index is 2.39. The van der Waals surface area contributed by atoms with E-state index in [2.05, 4.69) is 12.2 Å². The Morgan fingerprint density at radius 2 is 2.27 bits per heavy atom. The summed E-state index contributed by atoms with van der Waals surface area (Å²) in [6.07, 6.45) is 3.54. The van der Waals surface area contributed by atoms with Gasteiger partial charge >= 0.3 is 0 Å². The molecule has 1 aliphatic rings. The minimum atomic E-state index is 0.262. The van der Waals surface area contributed by atoms with Crippen LogP contribution in [0, 0.1) is 11.8 Å². The molecule has 0 aromatic heterocycles. The van der Waals surface area contributed by atoms with E-state index < -0.39 is 0 Å². The molecule has 1 N–H and O–H groups in total. The van der Waals surface area contributed by atoms with Crippen molar-refractivity contribution in [1.82, 2.24) is 5.32 Å². The van der Waals surface area contributed by atoms with E-state index in [1.54, 1.807) is 0 Å². The van der Waals surface area contributed by atoms with Crippen molar-refractivity contribution in [1.29, 1.82) is 0 Å². The van der Waals surface area contributed by atoms with Gasteiger partial charge in [0.1, 0.15) is 0 Å². The molecule has 0 radical (unpaired) electrons. The molecule has 0 unspecified atom stereocenters. The third-order valence-electron chi connectivity index (χ3n) is 2.55. The second-order valence-corrected chi connectivity index (χ2v) is 3.41. The second-order valence-electron chi connectivity index (χ2n) is 3.41. The molecule has 0 aromatic carbocycles. The van der Waals surface area contributed by atoms with Crippen LogP contribution < -0.4 is 5.32 Å². The van der Waals surface area contributed by atoms with Crippen LogP contribution in [0.5, 0.6) is 0 Å². The fraction of sp³-hybridized carbons (Fsp3) is 0.889. The third kappa shape index (κ3) is 1.95. The first kappa shape index (κ1) is 8.57. The van der Waals surface area contributed by atoms with E-state index in [9.17, 15) is 4.79 Å². The zero-order valence-electron chi connectivity index (χ0n) is 7.39. The Bertz CT molecular complexity index is 144. The van der Waals surface area contributed by atoms with Gasteiger partial charge in [-0.3, -0.25) is 4.79 Å². The lowest BCUT2D eigenvalue weighted by molar-refractivity contribution is -0.125. The summed E-state index contributed by atoms with van der Waals surface area (Å²) >= 11 is 0. The Labute approximate surface area is 68.4 Å². The number of nitrogens with one attached hydrogen (secondary N) is 1. The molecule has 2 atom stereocenters. The van der Waals surface area contributed by atoms with Gasteiger partial charge in [-0.2, -0.15) is 0 Å². The van der Waals surface area contributed by atoms with E-state index in [0.717, 1.165) is 13.0 Å². The molecule has 0 spiro atoms. The lowest BCUT2D eigenvalue weighted by Crippen LogP contribution is -2.31. The van der Waals surface area contributed by atoms with Crippen molar-refractivity contribution in [3.05, 3.63) is 0 Å². The number of amides is 1. The first-order valence-corrected chi connectivity index (χ1v) is 4.53. The number of hydrogen-bond acceptors (Lipinski definition) is 1. The lowest BCUT2D eigenvalue weighted by Gasteiger charge is -2.13. The summed E-state index contributed by atoms with van der Waals surface area (Å²) in [6.45, 7) is 4.91. The van der Waals surface area contributed by atoms with Crippen LogP contribution in [-0.2, 0) is 4.79 Å². The summed E-state index contributed by atoms with van der Waals surface area (Å²) in [5.41, 5.74) is 0. The van der Waals surface area contributed by atoms with E-state index in [1.165, 1.54) is 12.8 Å². The fourth-order valence-corrected chi connectivity index (χ4v) is 1.84. The van der Waals surface area contributed by atoms with Crippen LogP contribution in [0.1, 0.15) is 33.1 Å². The average molecular weight is 155 g/mol. The topological polar surface area (TPSA) is 29.1 Å². The maximum absolute atomic E-state index is 11.3. The van der Waals surface area contributed by atoms with E-state index in [1.807, 2.05) is 6.92 Å². The van der Waals surface area contributed by atoms with Gasteiger partial charge in [0.25, 0.3) is 0 Å². The van der Waals surface area contributed by atoms with Crippen molar-refractivity contribution in [3.8, 4) is 0 Å². The molecule has 2 heteroatoms. The van der Waals surface area contributed by atoms with Crippen LogP contribution in [0.3, 0.4) is 0 Å². The quantitative estimate of drug-likeness (QED) is 0.644. The molecule has 1 rings (SSSR count). The molecule has 0 saturated heterocycles. The van der Waals surface area contributed by atoms with E-state index in [-0.39, 0.29) is 5.91 Å². The zero-order valence-corrected chi connectivity index (χ0v) is 7.39. The molecule has 0 heterocycles. The minimum absolute atomic E-state index is 0.262. The average Bonchev–Trinajstić information content (AvgIpc) is 2.36. The van der Waals surface area contributed by atoms with E-state index in [4.69, 9.17) is 0 Å². The van der Waals surface area contributed by atoms with Crippen LogP contribution >= 0.6 is 0 Å². The van der Waals surface area contributed by atoms with Gasteiger partial charge in [-0.1, -0.05) is 13.3 Å². The smallest absolute Gasteiger partial charge is 0.223 e. The maximum atomic E-state index is 11.3. The van der Waals surface area contributed by atoms with Gasteiger partial charge in [0.2, 0.25) is 5.91 Å². The number of rotatable bonds is 2. The minimum Gasteiger partial charge on any atom is -0.356 e. The number of hydrogen-bond donors (Lipinski definition) is 1. The van der Waals surface area contributed by atoms with Crippen molar-refractivity contribution in [2.45, 2.75) is 33.1 Å². The molecular weight excluding hydrogens is 138 g/mol. The molecule has 2 nitrogen and oxygen atoms in total. The molecule has 1 amide bonds. The molecule has 0 bridgehead atoms.